The maximum Gasteiger partial charge on any atom is -0.0262 e. The van der Waals surface area contributed by atoms with E-state index in [1.807, 2.05) is 13.0 Å². The Hall–Kier alpha value is -0.520. The van der Waals surface area contributed by atoms with Crippen molar-refractivity contribution in [3.8, 4) is 0 Å². The predicted molar refractivity (Wildman–Crippen MR) is 43.4 cm³/mol. The van der Waals surface area contributed by atoms with Gasteiger partial charge in [0.15, 0.2) is 0 Å². The average molecular weight is 124 g/mol. The lowest BCUT2D eigenvalue weighted by molar-refractivity contribution is 0.651. The fraction of sp³-hybridized carbons (Fsp3) is 0.556. The van der Waals surface area contributed by atoms with E-state index in [0.29, 0.717) is 0 Å². The lowest BCUT2D eigenvalue weighted by Crippen LogP contribution is -1.86. The van der Waals surface area contributed by atoms with Gasteiger partial charge in [0.2, 0.25) is 0 Å². The summed E-state index contributed by atoms with van der Waals surface area (Å²) in [6, 6.07) is 0. The first-order valence-corrected chi connectivity index (χ1v) is 3.47. The van der Waals surface area contributed by atoms with Gasteiger partial charge >= 0.3 is 0 Å². The fourth-order valence-electron chi connectivity index (χ4n) is 0.828. The van der Waals surface area contributed by atoms with Crippen molar-refractivity contribution in [2.45, 2.75) is 27.2 Å². The Morgan fingerprint density at radius 3 is 2.44 bits per heavy atom. The Bertz CT molecular complexity index is 107. The number of hydrogen-bond donors (Lipinski definition) is 0. The van der Waals surface area contributed by atoms with Crippen LogP contribution in [0.1, 0.15) is 27.2 Å². The molecular weight excluding hydrogens is 108 g/mol. The second kappa shape index (κ2) is 4.37. The molecule has 0 aliphatic carbocycles. The molecule has 0 N–H and O–H groups in total. The monoisotopic (exact) mass is 124 g/mol. The maximum atomic E-state index is 3.90. The largest absolute Gasteiger partial charge is 0.0958 e. The molecule has 0 fully saturated rings. The molecule has 0 rings (SSSR count). The highest BCUT2D eigenvalue weighted by atomic mass is 14.0. The van der Waals surface area contributed by atoms with Crippen LogP contribution in [0, 0.1) is 5.92 Å². The van der Waals surface area contributed by atoms with Crippen LogP contribution in [0.3, 0.4) is 0 Å². The third-order valence-corrected chi connectivity index (χ3v) is 1.07. The summed E-state index contributed by atoms with van der Waals surface area (Å²) in [4.78, 5) is 0. The SMILES string of the molecule is C=C(/C=C/C)CC(C)C. The molecule has 0 aromatic heterocycles. The van der Waals surface area contributed by atoms with Gasteiger partial charge < -0.3 is 0 Å². The molecule has 0 saturated carbocycles. The summed E-state index contributed by atoms with van der Waals surface area (Å²) in [6.45, 7) is 10.3. The zero-order chi connectivity index (χ0) is 7.28. The highest BCUT2D eigenvalue weighted by Gasteiger charge is 1.92. The van der Waals surface area contributed by atoms with Crippen molar-refractivity contribution in [2.75, 3.05) is 0 Å². The van der Waals surface area contributed by atoms with Gasteiger partial charge in [0.1, 0.15) is 0 Å². The Kier molecular flexibility index (Phi) is 4.12. The number of rotatable bonds is 3. The van der Waals surface area contributed by atoms with Crippen LogP contribution in [0.25, 0.3) is 0 Å². The van der Waals surface area contributed by atoms with Crippen molar-refractivity contribution in [1.82, 2.24) is 0 Å². The van der Waals surface area contributed by atoms with E-state index >= 15 is 0 Å². The molecule has 0 aliphatic rings. The molecule has 0 unspecified atom stereocenters. The molecule has 0 heteroatoms. The van der Waals surface area contributed by atoms with Crippen molar-refractivity contribution >= 4 is 0 Å². The van der Waals surface area contributed by atoms with Crippen molar-refractivity contribution in [2.24, 2.45) is 5.92 Å². The molecule has 0 heterocycles. The molecule has 0 bridgehead atoms. The van der Waals surface area contributed by atoms with Crippen LogP contribution < -0.4 is 0 Å². The van der Waals surface area contributed by atoms with Gasteiger partial charge in [0, 0.05) is 0 Å². The van der Waals surface area contributed by atoms with Crippen LogP contribution in [0.15, 0.2) is 24.3 Å². The normalized spacial score (nSPS) is 11.1. The molecule has 9 heavy (non-hydrogen) atoms. The molecule has 0 aromatic rings. The summed E-state index contributed by atoms with van der Waals surface area (Å²) >= 11 is 0. The van der Waals surface area contributed by atoms with Crippen molar-refractivity contribution in [1.29, 1.82) is 0 Å². The summed E-state index contributed by atoms with van der Waals surface area (Å²) in [5.41, 5.74) is 1.23. The molecule has 52 valence electrons. The van der Waals surface area contributed by atoms with Gasteiger partial charge in [-0.05, 0) is 19.3 Å². The second-order valence-corrected chi connectivity index (χ2v) is 2.76. The fourth-order valence-corrected chi connectivity index (χ4v) is 0.828. The van der Waals surface area contributed by atoms with E-state index in [4.69, 9.17) is 0 Å². The van der Waals surface area contributed by atoms with Gasteiger partial charge in [-0.25, -0.2) is 0 Å². The smallest absolute Gasteiger partial charge is 0.0262 e. The summed E-state index contributed by atoms with van der Waals surface area (Å²) in [7, 11) is 0. The summed E-state index contributed by atoms with van der Waals surface area (Å²) < 4.78 is 0. The van der Waals surface area contributed by atoms with Crippen LogP contribution in [-0.2, 0) is 0 Å². The third kappa shape index (κ3) is 5.35. The van der Waals surface area contributed by atoms with E-state index in [-0.39, 0.29) is 0 Å². The van der Waals surface area contributed by atoms with Gasteiger partial charge in [-0.15, -0.1) is 0 Å². The van der Waals surface area contributed by atoms with E-state index in [9.17, 15) is 0 Å². The summed E-state index contributed by atoms with van der Waals surface area (Å²) in [5, 5.41) is 0. The van der Waals surface area contributed by atoms with E-state index in [0.717, 1.165) is 12.3 Å². The highest BCUT2D eigenvalue weighted by Crippen LogP contribution is 2.08. The number of allylic oxidation sites excluding steroid dienone is 3. The summed E-state index contributed by atoms with van der Waals surface area (Å²) in [5.74, 6) is 0.730. The Morgan fingerprint density at radius 2 is 2.11 bits per heavy atom. The number of hydrogen-bond acceptors (Lipinski definition) is 0. The first-order valence-electron chi connectivity index (χ1n) is 3.47. The summed E-state index contributed by atoms with van der Waals surface area (Å²) in [6.07, 6.45) is 5.22. The molecule has 0 radical (unpaired) electrons. The van der Waals surface area contributed by atoms with Gasteiger partial charge in [0.05, 0.1) is 0 Å². The standard InChI is InChI=1S/C9H16/c1-5-6-9(4)7-8(2)3/h5-6,8H,4,7H2,1-3H3/b6-5+. The average Bonchev–Trinajstić information content (AvgIpc) is 1.63. The highest BCUT2D eigenvalue weighted by molar-refractivity contribution is 5.13. The minimum atomic E-state index is 0.730. The molecule has 0 amide bonds. The molecule has 0 aliphatic heterocycles. The molecule has 0 spiro atoms. The minimum absolute atomic E-state index is 0.730. The van der Waals surface area contributed by atoms with Crippen molar-refractivity contribution in [3.05, 3.63) is 24.3 Å². The van der Waals surface area contributed by atoms with Crippen LogP contribution in [0.5, 0.6) is 0 Å². The van der Waals surface area contributed by atoms with Crippen LogP contribution in [-0.4, -0.2) is 0 Å². The van der Waals surface area contributed by atoms with E-state index in [2.05, 4.69) is 26.5 Å². The third-order valence-electron chi connectivity index (χ3n) is 1.07. The Balaban J connectivity index is 3.51. The first kappa shape index (κ1) is 8.48. The van der Waals surface area contributed by atoms with E-state index < -0.39 is 0 Å². The lowest BCUT2D eigenvalue weighted by atomic mass is 10.0. The second-order valence-electron chi connectivity index (χ2n) is 2.76. The van der Waals surface area contributed by atoms with E-state index in [1.165, 1.54) is 5.57 Å². The molecule has 0 nitrogen and oxygen atoms in total. The molecule has 0 atom stereocenters. The zero-order valence-corrected chi connectivity index (χ0v) is 6.65. The van der Waals surface area contributed by atoms with Gasteiger partial charge in [-0.3, -0.25) is 0 Å². The maximum absolute atomic E-state index is 3.90. The topological polar surface area (TPSA) is 0 Å². The van der Waals surface area contributed by atoms with Gasteiger partial charge in [0.25, 0.3) is 0 Å². The quantitative estimate of drug-likeness (QED) is 0.507. The van der Waals surface area contributed by atoms with Gasteiger partial charge in [-0.1, -0.05) is 38.2 Å². The molecule has 0 aromatic carbocycles. The predicted octanol–water partition coefficient (Wildman–Crippen LogP) is 3.16. The lowest BCUT2D eigenvalue weighted by Gasteiger charge is -2.01. The van der Waals surface area contributed by atoms with Crippen LogP contribution in [0.4, 0.5) is 0 Å². The zero-order valence-electron chi connectivity index (χ0n) is 6.65. The molecule has 0 saturated heterocycles. The van der Waals surface area contributed by atoms with Crippen molar-refractivity contribution < 1.29 is 0 Å². The minimum Gasteiger partial charge on any atom is -0.0958 e. The van der Waals surface area contributed by atoms with Crippen molar-refractivity contribution in [3.63, 3.8) is 0 Å². The Morgan fingerprint density at radius 1 is 1.56 bits per heavy atom. The van der Waals surface area contributed by atoms with Gasteiger partial charge in [-0.2, -0.15) is 0 Å². The first-order chi connectivity index (χ1) is 4.16. The van der Waals surface area contributed by atoms with Crippen LogP contribution in [0.2, 0.25) is 0 Å². The molecular formula is C9H16. The Labute approximate surface area is 58.3 Å². The van der Waals surface area contributed by atoms with E-state index in [1.54, 1.807) is 0 Å². The van der Waals surface area contributed by atoms with Crippen LogP contribution >= 0.6 is 0 Å².